The Morgan fingerprint density at radius 2 is 1.75 bits per heavy atom. The zero-order chi connectivity index (χ0) is 22.3. The van der Waals surface area contributed by atoms with Gasteiger partial charge in [0.05, 0.1) is 30.1 Å². The van der Waals surface area contributed by atoms with E-state index in [0.29, 0.717) is 31.5 Å². The van der Waals surface area contributed by atoms with Crippen LogP contribution in [0, 0.1) is 0 Å². The van der Waals surface area contributed by atoms with Crippen LogP contribution in [0.3, 0.4) is 0 Å². The second kappa shape index (κ2) is 7.82. The van der Waals surface area contributed by atoms with Gasteiger partial charge in [-0.15, -0.1) is 0 Å². The lowest BCUT2D eigenvalue weighted by molar-refractivity contribution is -0.00185. The fourth-order valence-electron chi connectivity index (χ4n) is 4.83. The second-order valence-electron chi connectivity index (χ2n) is 8.14. The third kappa shape index (κ3) is 3.07. The number of fused-ring (bicyclic) bond motifs is 4. The summed E-state index contributed by atoms with van der Waals surface area (Å²) in [5.74, 6) is 0.179. The van der Waals surface area contributed by atoms with Crippen LogP contribution < -0.4 is 4.74 Å². The highest BCUT2D eigenvalue weighted by atomic mass is 16.5. The van der Waals surface area contributed by atoms with Gasteiger partial charge >= 0.3 is 5.97 Å². The summed E-state index contributed by atoms with van der Waals surface area (Å²) in [5, 5.41) is 4.61. The van der Waals surface area contributed by atoms with Gasteiger partial charge in [-0.1, -0.05) is 24.3 Å². The number of benzene rings is 2. The van der Waals surface area contributed by atoms with Gasteiger partial charge in [-0.2, -0.15) is 5.10 Å². The molecule has 0 saturated carbocycles. The van der Waals surface area contributed by atoms with E-state index in [1.807, 2.05) is 29.1 Å². The number of aryl methyl sites for hydroxylation is 1. The van der Waals surface area contributed by atoms with E-state index in [2.05, 4.69) is 18.1 Å². The van der Waals surface area contributed by atoms with Crippen LogP contribution >= 0.6 is 0 Å². The predicted molar refractivity (Wildman–Crippen MR) is 119 cm³/mol. The molecule has 3 aromatic rings. The average molecular weight is 431 g/mol. The highest BCUT2D eigenvalue weighted by Gasteiger charge is 2.46. The molecule has 2 aliphatic heterocycles. The minimum Gasteiger partial charge on any atom is -0.482 e. The van der Waals surface area contributed by atoms with Crippen molar-refractivity contribution < 1.29 is 19.1 Å². The second-order valence-corrected chi connectivity index (χ2v) is 8.14. The summed E-state index contributed by atoms with van der Waals surface area (Å²) in [6.45, 7) is 3.90. The SMILES string of the molecule is CCn1ncc2c1-c1ccccc1OC21CCN(C(=O)c2ccccc2C(=O)OC)CC1. The van der Waals surface area contributed by atoms with Crippen LogP contribution in [0.4, 0.5) is 0 Å². The van der Waals surface area contributed by atoms with Gasteiger partial charge < -0.3 is 14.4 Å². The minimum absolute atomic E-state index is 0.165. The number of hydrogen-bond donors (Lipinski definition) is 0. The Hall–Kier alpha value is -3.61. The lowest BCUT2D eigenvalue weighted by atomic mass is 9.81. The predicted octanol–water partition coefficient (Wildman–Crippen LogP) is 3.88. The molecule has 3 heterocycles. The van der Waals surface area contributed by atoms with Crippen LogP contribution in [-0.2, 0) is 16.9 Å². The topological polar surface area (TPSA) is 73.7 Å². The van der Waals surface area contributed by atoms with Crippen molar-refractivity contribution in [3.8, 4) is 17.0 Å². The molecule has 7 nitrogen and oxygen atoms in total. The largest absolute Gasteiger partial charge is 0.482 e. The summed E-state index contributed by atoms with van der Waals surface area (Å²) in [5.41, 5.74) is 3.37. The normalized spacial score (nSPS) is 16.1. The maximum absolute atomic E-state index is 13.3. The number of nitrogens with zero attached hydrogens (tertiary/aromatic N) is 3. The van der Waals surface area contributed by atoms with Crippen LogP contribution in [0.5, 0.6) is 5.75 Å². The number of aromatic nitrogens is 2. The van der Waals surface area contributed by atoms with E-state index in [4.69, 9.17) is 9.47 Å². The molecule has 7 heteroatoms. The van der Waals surface area contributed by atoms with Gasteiger partial charge in [-0.25, -0.2) is 4.79 Å². The Kier molecular flexibility index (Phi) is 4.96. The van der Waals surface area contributed by atoms with Gasteiger partial charge in [-0.05, 0) is 31.2 Å². The van der Waals surface area contributed by atoms with Crippen molar-refractivity contribution in [1.29, 1.82) is 0 Å². The third-order valence-electron chi connectivity index (χ3n) is 6.50. The Labute approximate surface area is 186 Å². The smallest absolute Gasteiger partial charge is 0.338 e. The molecule has 0 aliphatic carbocycles. The molecule has 32 heavy (non-hydrogen) atoms. The van der Waals surface area contributed by atoms with Gasteiger partial charge in [0.15, 0.2) is 0 Å². The molecule has 1 spiro atoms. The average Bonchev–Trinajstić information content (AvgIpc) is 3.29. The van der Waals surface area contributed by atoms with Gasteiger partial charge in [0.2, 0.25) is 0 Å². The molecule has 5 rings (SSSR count). The molecular weight excluding hydrogens is 406 g/mol. The minimum atomic E-state index is -0.518. The Balaban J connectivity index is 1.44. The summed E-state index contributed by atoms with van der Waals surface area (Å²) < 4.78 is 13.5. The van der Waals surface area contributed by atoms with E-state index in [1.165, 1.54) is 7.11 Å². The number of carbonyl (C=O) groups is 2. The molecule has 1 saturated heterocycles. The number of esters is 1. The summed E-state index contributed by atoms with van der Waals surface area (Å²) in [6, 6.07) is 14.8. The standard InChI is InChI=1S/C25H25N3O4/c1-3-28-22-19-10-6-7-11-21(19)32-25(20(22)16-26-28)12-14-27(15-13-25)23(29)17-8-4-5-9-18(17)24(30)31-2/h4-11,16H,3,12-15H2,1-2H3. The first-order valence-electron chi connectivity index (χ1n) is 10.9. The third-order valence-corrected chi connectivity index (χ3v) is 6.50. The van der Waals surface area contributed by atoms with E-state index >= 15 is 0 Å². The van der Waals surface area contributed by atoms with Crippen LogP contribution in [0.15, 0.2) is 54.7 Å². The molecule has 0 unspecified atom stereocenters. The molecule has 1 amide bonds. The maximum Gasteiger partial charge on any atom is 0.338 e. The zero-order valence-electron chi connectivity index (χ0n) is 18.2. The van der Waals surface area contributed by atoms with Gasteiger partial charge in [0.1, 0.15) is 11.4 Å². The summed E-state index contributed by atoms with van der Waals surface area (Å²) in [6.07, 6.45) is 3.21. The first-order chi connectivity index (χ1) is 15.6. The molecule has 0 radical (unpaired) electrons. The fourth-order valence-corrected chi connectivity index (χ4v) is 4.83. The van der Waals surface area contributed by atoms with Crippen molar-refractivity contribution in [2.75, 3.05) is 20.2 Å². The number of para-hydroxylation sites is 1. The molecule has 0 N–H and O–H groups in total. The van der Waals surface area contributed by atoms with Crippen molar-refractivity contribution in [1.82, 2.24) is 14.7 Å². The molecule has 0 bridgehead atoms. The van der Waals surface area contributed by atoms with Crippen LogP contribution in [0.1, 0.15) is 46.0 Å². The van der Waals surface area contributed by atoms with E-state index in [1.54, 1.807) is 29.2 Å². The van der Waals surface area contributed by atoms with Crippen molar-refractivity contribution >= 4 is 11.9 Å². The van der Waals surface area contributed by atoms with E-state index in [-0.39, 0.29) is 11.5 Å². The Bertz CT molecular complexity index is 1190. The lowest BCUT2D eigenvalue weighted by Gasteiger charge is -2.44. The van der Waals surface area contributed by atoms with E-state index in [9.17, 15) is 9.59 Å². The maximum atomic E-state index is 13.3. The first kappa shape index (κ1) is 20.3. The van der Waals surface area contributed by atoms with Gasteiger partial charge in [0, 0.05) is 43.6 Å². The van der Waals surface area contributed by atoms with Crippen molar-refractivity contribution in [3.05, 3.63) is 71.4 Å². The number of carbonyl (C=O) groups excluding carboxylic acids is 2. The quantitative estimate of drug-likeness (QED) is 0.589. The van der Waals surface area contributed by atoms with Crippen molar-refractivity contribution in [2.45, 2.75) is 31.9 Å². The summed E-state index contributed by atoms with van der Waals surface area (Å²) in [7, 11) is 1.32. The number of amides is 1. The van der Waals surface area contributed by atoms with Crippen LogP contribution in [-0.4, -0.2) is 46.8 Å². The number of likely N-dealkylation sites (tertiary alicyclic amines) is 1. The van der Waals surface area contributed by atoms with Gasteiger partial charge in [-0.3, -0.25) is 9.48 Å². The first-order valence-corrected chi connectivity index (χ1v) is 10.9. The van der Waals surface area contributed by atoms with E-state index < -0.39 is 11.6 Å². The summed E-state index contributed by atoms with van der Waals surface area (Å²) >= 11 is 0. The molecule has 1 fully saturated rings. The number of ether oxygens (including phenoxy) is 2. The number of methoxy groups -OCH3 is 1. The summed E-state index contributed by atoms with van der Waals surface area (Å²) in [4.78, 5) is 27.2. The zero-order valence-corrected chi connectivity index (χ0v) is 18.2. The van der Waals surface area contributed by atoms with Crippen molar-refractivity contribution in [3.63, 3.8) is 0 Å². The molecule has 2 aromatic carbocycles. The number of hydrogen-bond acceptors (Lipinski definition) is 5. The number of rotatable bonds is 3. The van der Waals surface area contributed by atoms with Crippen molar-refractivity contribution in [2.24, 2.45) is 0 Å². The molecule has 164 valence electrons. The molecular formula is C25H25N3O4. The Morgan fingerprint density at radius 3 is 2.47 bits per heavy atom. The number of piperidine rings is 1. The van der Waals surface area contributed by atoms with Crippen LogP contribution in [0.25, 0.3) is 11.3 Å². The lowest BCUT2D eigenvalue weighted by Crippen LogP contribution is -2.49. The monoisotopic (exact) mass is 431 g/mol. The molecule has 0 atom stereocenters. The molecule has 1 aromatic heterocycles. The highest BCUT2D eigenvalue weighted by molar-refractivity contribution is 6.05. The van der Waals surface area contributed by atoms with Crippen LogP contribution in [0.2, 0.25) is 0 Å². The van der Waals surface area contributed by atoms with Gasteiger partial charge in [0.25, 0.3) is 5.91 Å². The van der Waals surface area contributed by atoms with E-state index in [0.717, 1.165) is 29.1 Å². The highest BCUT2D eigenvalue weighted by Crippen LogP contribution is 2.49. The fraction of sp³-hybridized carbons (Fsp3) is 0.320. The molecule has 2 aliphatic rings. The Morgan fingerprint density at radius 1 is 1.06 bits per heavy atom.